The third-order valence-electron chi connectivity index (χ3n) is 3.19. The second kappa shape index (κ2) is 5.26. The van der Waals surface area contributed by atoms with Crippen molar-refractivity contribution >= 4 is 33.1 Å². The minimum Gasteiger partial charge on any atom is -0.322 e. The first kappa shape index (κ1) is 13.7. The Hall–Kier alpha value is -2.27. The van der Waals surface area contributed by atoms with Crippen molar-refractivity contribution in [2.75, 3.05) is 5.32 Å². The molecule has 2 aromatic carbocycles. The number of nitrogens with one attached hydrogen (secondary N) is 1. The van der Waals surface area contributed by atoms with Crippen LogP contribution in [-0.4, -0.2) is 10.9 Å². The number of nitrogens with zero attached hydrogens (tertiary/aromatic N) is 1. The molecule has 1 aromatic heterocycles. The first-order valence-corrected chi connectivity index (χ1v) is 7.29. The Kier molecular flexibility index (Phi) is 3.43. The van der Waals surface area contributed by atoms with E-state index >= 15 is 0 Å². The van der Waals surface area contributed by atoms with E-state index in [-0.39, 0.29) is 11.7 Å². The van der Waals surface area contributed by atoms with Crippen LogP contribution in [0.4, 0.5) is 10.1 Å². The zero-order valence-corrected chi connectivity index (χ0v) is 12.4. The summed E-state index contributed by atoms with van der Waals surface area (Å²) in [5.74, 6) is -0.714. The van der Waals surface area contributed by atoms with E-state index in [1.807, 2.05) is 25.1 Å². The number of carbonyl (C=O) groups excluding carboxylic acids is 1. The maximum absolute atomic E-state index is 13.5. The van der Waals surface area contributed by atoms with Crippen LogP contribution in [0.2, 0.25) is 0 Å². The molecule has 1 N–H and O–H groups in total. The molecular formula is C16H13FN2OS. The molecule has 0 atom stereocenters. The lowest BCUT2D eigenvalue weighted by Crippen LogP contribution is -2.12. The van der Waals surface area contributed by atoms with Gasteiger partial charge < -0.3 is 5.32 Å². The Morgan fingerprint density at radius 2 is 2.00 bits per heavy atom. The van der Waals surface area contributed by atoms with E-state index in [9.17, 15) is 9.18 Å². The molecule has 0 fully saturated rings. The van der Waals surface area contributed by atoms with Crippen LogP contribution in [0.1, 0.15) is 20.9 Å². The minimum atomic E-state index is -0.381. The number of rotatable bonds is 2. The van der Waals surface area contributed by atoms with Gasteiger partial charge in [-0.2, -0.15) is 0 Å². The van der Waals surface area contributed by atoms with Gasteiger partial charge in [-0.05, 0) is 49.7 Å². The van der Waals surface area contributed by atoms with Gasteiger partial charge in [0.15, 0.2) is 0 Å². The summed E-state index contributed by atoms with van der Waals surface area (Å²) >= 11 is 1.61. The summed E-state index contributed by atoms with van der Waals surface area (Å²) in [6.07, 6.45) is 0. The summed E-state index contributed by atoms with van der Waals surface area (Å²) < 4.78 is 14.6. The zero-order chi connectivity index (χ0) is 15.0. The second-order valence-corrected chi connectivity index (χ2v) is 6.07. The van der Waals surface area contributed by atoms with Gasteiger partial charge in [-0.15, -0.1) is 11.3 Å². The number of anilines is 1. The number of hydrogen-bond donors (Lipinski definition) is 1. The number of hydrogen-bond acceptors (Lipinski definition) is 3. The highest BCUT2D eigenvalue weighted by Gasteiger charge is 2.09. The maximum atomic E-state index is 13.5. The lowest BCUT2D eigenvalue weighted by Gasteiger charge is -2.06. The number of carbonyl (C=O) groups is 1. The average molecular weight is 300 g/mol. The Morgan fingerprint density at radius 3 is 2.76 bits per heavy atom. The number of amides is 1. The molecule has 0 aliphatic carbocycles. The maximum Gasteiger partial charge on any atom is 0.255 e. The SMILES string of the molecule is Cc1nc2cc(NC(=O)c3ccc(C)c(F)c3)ccc2s1. The molecule has 0 aliphatic rings. The predicted octanol–water partition coefficient (Wildman–Crippen LogP) is 4.30. The van der Waals surface area contributed by atoms with Crippen LogP contribution in [0, 0.1) is 19.7 Å². The monoisotopic (exact) mass is 300 g/mol. The van der Waals surface area contributed by atoms with Gasteiger partial charge in [-0.25, -0.2) is 9.37 Å². The molecule has 3 nitrogen and oxygen atoms in total. The fourth-order valence-electron chi connectivity index (χ4n) is 2.06. The van der Waals surface area contributed by atoms with Gasteiger partial charge in [-0.3, -0.25) is 4.79 Å². The molecule has 106 valence electrons. The summed E-state index contributed by atoms with van der Waals surface area (Å²) in [7, 11) is 0. The summed E-state index contributed by atoms with van der Waals surface area (Å²) in [4.78, 5) is 16.5. The van der Waals surface area contributed by atoms with Crippen molar-refractivity contribution in [2.24, 2.45) is 0 Å². The van der Waals surface area contributed by atoms with Crippen molar-refractivity contribution in [3.63, 3.8) is 0 Å². The lowest BCUT2D eigenvalue weighted by molar-refractivity contribution is 0.102. The molecule has 5 heteroatoms. The van der Waals surface area contributed by atoms with Crippen LogP contribution in [0.15, 0.2) is 36.4 Å². The van der Waals surface area contributed by atoms with E-state index in [1.54, 1.807) is 30.4 Å². The normalized spacial score (nSPS) is 10.8. The summed E-state index contributed by atoms with van der Waals surface area (Å²) in [5.41, 5.74) is 2.32. The molecule has 0 saturated heterocycles. The molecule has 0 radical (unpaired) electrons. The topological polar surface area (TPSA) is 42.0 Å². The molecule has 0 aliphatic heterocycles. The van der Waals surface area contributed by atoms with Crippen LogP contribution in [0.3, 0.4) is 0 Å². The fourth-order valence-corrected chi connectivity index (χ4v) is 2.87. The van der Waals surface area contributed by atoms with Crippen molar-refractivity contribution in [3.05, 3.63) is 58.3 Å². The van der Waals surface area contributed by atoms with Gasteiger partial charge >= 0.3 is 0 Å². The number of fused-ring (bicyclic) bond motifs is 1. The highest BCUT2D eigenvalue weighted by molar-refractivity contribution is 7.18. The Labute approximate surface area is 125 Å². The third kappa shape index (κ3) is 2.78. The summed E-state index contributed by atoms with van der Waals surface area (Å²) in [6.45, 7) is 3.60. The lowest BCUT2D eigenvalue weighted by atomic mass is 10.1. The largest absolute Gasteiger partial charge is 0.322 e. The molecule has 21 heavy (non-hydrogen) atoms. The third-order valence-corrected chi connectivity index (χ3v) is 4.14. The summed E-state index contributed by atoms with van der Waals surface area (Å²) in [6, 6.07) is 10.0. The molecule has 1 heterocycles. The van der Waals surface area contributed by atoms with Crippen molar-refractivity contribution in [1.29, 1.82) is 0 Å². The number of halogens is 1. The summed E-state index contributed by atoms with van der Waals surface area (Å²) in [5, 5.41) is 3.75. The highest BCUT2D eigenvalue weighted by atomic mass is 32.1. The van der Waals surface area contributed by atoms with Crippen LogP contribution in [0.5, 0.6) is 0 Å². The van der Waals surface area contributed by atoms with E-state index < -0.39 is 0 Å². The number of aryl methyl sites for hydroxylation is 2. The quantitative estimate of drug-likeness (QED) is 0.766. The fraction of sp³-hybridized carbons (Fsp3) is 0.125. The predicted molar refractivity (Wildman–Crippen MR) is 83.4 cm³/mol. The molecule has 0 saturated carbocycles. The minimum absolute atomic E-state index is 0.299. The van der Waals surface area contributed by atoms with Crippen LogP contribution in [-0.2, 0) is 0 Å². The smallest absolute Gasteiger partial charge is 0.255 e. The Balaban J connectivity index is 1.86. The number of thiazole rings is 1. The molecule has 3 aromatic rings. The first-order valence-electron chi connectivity index (χ1n) is 6.47. The molecule has 0 spiro atoms. The van der Waals surface area contributed by atoms with Crippen molar-refractivity contribution < 1.29 is 9.18 Å². The van der Waals surface area contributed by atoms with Crippen molar-refractivity contribution in [3.8, 4) is 0 Å². The average Bonchev–Trinajstić information content (AvgIpc) is 2.81. The zero-order valence-electron chi connectivity index (χ0n) is 11.6. The van der Waals surface area contributed by atoms with E-state index in [1.165, 1.54) is 6.07 Å². The van der Waals surface area contributed by atoms with Crippen molar-refractivity contribution in [2.45, 2.75) is 13.8 Å². The first-order chi connectivity index (χ1) is 10.0. The van der Waals surface area contributed by atoms with E-state index in [4.69, 9.17) is 0 Å². The van der Waals surface area contributed by atoms with E-state index in [2.05, 4.69) is 10.3 Å². The second-order valence-electron chi connectivity index (χ2n) is 4.83. The molecule has 1 amide bonds. The van der Waals surface area contributed by atoms with E-state index in [0.29, 0.717) is 16.8 Å². The van der Waals surface area contributed by atoms with Gasteiger partial charge in [0.1, 0.15) is 5.82 Å². The highest BCUT2D eigenvalue weighted by Crippen LogP contribution is 2.24. The molecule has 3 rings (SSSR count). The van der Waals surface area contributed by atoms with Gasteiger partial charge in [0.05, 0.1) is 15.2 Å². The molecule has 0 bridgehead atoms. The van der Waals surface area contributed by atoms with Crippen LogP contribution < -0.4 is 5.32 Å². The standard InChI is InChI=1S/C16H13FN2OS/c1-9-3-4-11(7-13(9)17)16(20)19-12-5-6-15-14(8-12)18-10(2)21-15/h3-8H,1-2H3,(H,19,20). The Bertz CT molecular complexity index is 841. The van der Waals surface area contributed by atoms with Crippen molar-refractivity contribution in [1.82, 2.24) is 4.98 Å². The molecular weight excluding hydrogens is 287 g/mol. The van der Waals surface area contributed by atoms with Gasteiger partial charge in [0, 0.05) is 11.3 Å². The van der Waals surface area contributed by atoms with E-state index in [0.717, 1.165) is 15.2 Å². The van der Waals surface area contributed by atoms with Gasteiger partial charge in [-0.1, -0.05) is 6.07 Å². The van der Waals surface area contributed by atoms with Gasteiger partial charge in [0.25, 0.3) is 5.91 Å². The van der Waals surface area contributed by atoms with Crippen LogP contribution >= 0.6 is 11.3 Å². The van der Waals surface area contributed by atoms with Gasteiger partial charge in [0.2, 0.25) is 0 Å². The number of benzene rings is 2. The Morgan fingerprint density at radius 1 is 1.19 bits per heavy atom. The number of aromatic nitrogens is 1. The van der Waals surface area contributed by atoms with Crippen LogP contribution in [0.25, 0.3) is 10.2 Å². The molecule has 0 unspecified atom stereocenters.